The van der Waals surface area contributed by atoms with Crippen molar-refractivity contribution in [3.05, 3.63) is 22.1 Å². The van der Waals surface area contributed by atoms with Crippen LogP contribution in [0.15, 0.2) is 10.9 Å². The molecule has 0 fully saturated rings. The van der Waals surface area contributed by atoms with Crippen molar-refractivity contribution in [2.24, 2.45) is 7.05 Å². The van der Waals surface area contributed by atoms with E-state index in [0.29, 0.717) is 0 Å². The molecule has 0 atom stereocenters. The quantitative estimate of drug-likeness (QED) is 0.440. The molecule has 11 heavy (non-hydrogen) atoms. The number of hydrogen-bond donors (Lipinski definition) is 1. The van der Waals surface area contributed by atoms with Crippen LogP contribution < -0.4 is 62.1 Å². The fourth-order valence-corrected chi connectivity index (χ4v) is 0.593. The van der Waals surface area contributed by atoms with E-state index in [9.17, 15) is 14.7 Å². The second kappa shape index (κ2) is 4.22. The standard InChI is InChI=1S/C5H6N2O3.K/c1-7-4(8)2-3(6-7)5(9)10;/h2,6H,1H3,(H,9,10);/q;+1/p-1. The Balaban J connectivity index is 0.000001000. The van der Waals surface area contributed by atoms with E-state index in [1.54, 1.807) is 0 Å². The van der Waals surface area contributed by atoms with Gasteiger partial charge in [0.2, 0.25) is 0 Å². The maximum absolute atomic E-state index is 10.6. The molecular weight excluding hydrogens is 175 g/mol. The summed E-state index contributed by atoms with van der Waals surface area (Å²) in [7, 11) is 1.43. The first-order chi connectivity index (χ1) is 4.61. The van der Waals surface area contributed by atoms with E-state index in [4.69, 9.17) is 0 Å². The van der Waals surface area contributed by atoms with Crippen molar-refractivity contribution in [2.75, 3.05) is 0 Å². The molecule has 6 heteroatoms. The minimum Gasteiger partial charge on any atom is -0.543 e. The molecular formula is C5H5KN2O3. The Morgan fingerprint density at radius 1 is 1.73 bits per heavy atom. The van der Waals surface area contributed by atoms with E-state index >= 15 is 0 Å². The molecule has 0 saturated heterocycles. The number of nitrogens with zero attached hydrogens (tertiary/aromatic N) is 1. The first-order valence-corrected chi connectivity index (χ1v) is 2.58. The molecule has 0 amide bonds. The van der Waals surface area contributed by atoms with Crippen molar-refractivity contribution in [2.45, 2.75) is 0 Å². The molecule has 1 rings (SSSR count). The van der Waals surface area contributed by atoms with Gasteiger partial charge in [-0.2, -0.15) is 0 Å². The van der Waals surface area contributed by atoms with Crippen molar-refractivity contribution < 1.29 is 61.3 Å². The second-order valence-corrected chi connectivity index (χ2v) is 1.85. The summed E-state index contributed by atoms with van der Waals surface area (Å²) in [5.41, 5.74) is -0.591. The first kappa shape index (κ1) is 11.1. The number of carbonyl (C=O) groups is 1. The average molecular weight is 180 g/mol. The maximum atomic E-state index is 10.6. The van der Waals surface area contributed by atoms with E-state index < -0.39 is 5.97 Å². The molecule has 0 unspecified atom stereocenters. The van der Waals surface area contributed by atoms with Crippen LogP contribution in [-0.2, 0) is 7.05 Å². The number of rotatable bonds is 1. The van der Waals surface area contributed by atoms with Crippen molar-refractivity contribution >= 4 is 5.97 Å². The number of carbonyl (C=O) groups excluding carboxylic acids is 1. The Hall–Kier alpha value is 0.116. The molecule has 1 heterocycles. The Kier molecular flexibility index (Phi) is 4.26. The van der Waals surface area contributed by atoms with Gasteiger partial charge in [0.1, 0.15) is 0 Å². The van der Waals surface area contributed by atoms with Crippen LogP contribution in [0.25, 0.3) is 0 Å². The Labute approximate surface area is 105 Å². The van der Waals surface area contributed by atoms with Gasteiger partial charge in [-0.15, -0.1) is 0 Å². The number of aromatic nitrogens is 2. The summed E-state index contributed by atoms with van der Waals surface area (Å²) in [5, 5.41) is 12.4. The predicted molar refractivity (Wildman–Crippen MR) is 30.4 cm³/mol. The molecule has 1 aromatic heterocycles. The van der Waals surface area contributed by atoms with E-state index in [1.165, 1.54) is 7.05 Å². The van der Waals surface area contributed by atoms with Crippen LogP contribution in [0.5, 0.6) is 0 Å². The van der Waals surface area contributed by atoms with Crippen LogP contribution in [0.3, 0.4) is 0 Å². The molecule has 54 valence electrons. The predicted octanol–water partition coefficient (Wildman–Crippen LogP) is -4.92. The average Bonchev–Trinajstić information content (AvgIpc) is 2.13. The van der Waals surface area contributed by atoms with E-state index in [0.717, 1.165) is 10.7 Å². The second-order valence-electron chi connectivity index (χ2n) is 1.85. The number of H-pyrrole nitrogens is 1. The molecule has 1 aromatic rings. The van der Waals surface area contributed by atoms with Crippen molar-refractivity contribution in [3.8, 4) is 0 Å². The molecule has 0 saturated carbocycles. The third kappa shape index (κ3) is 2.57. The fraction of sp³-hybridized carbons (Fsp3) is 0.200. The number of nitrogens with one attached hydrogen (secondary N) is 1. The summed E-state index contributed by atoms with van der Waals surface area (Å²) in [6.07, 6.45) is 0. The molecule has 0 radical (unpaired) electrons. The van der Waals surface area contributed by atoms with Gasteiger partial charge in [-0.05, 0) is 0 Å². The number of carboxylic acid groups (broad SMARTS) is 1. The Morgan fingerprint density at radius 3 is 2.45 bits per heavy atom. The molecule has 0 spiro atoms. The van der Waals surface area contributed by atoms with E-state index in [1.807, 2.05) is 0 Å². The van der Waals surface area contributed by atoms with Crippen molar-refractivity contribution in [1.29, 1.82) is 0 Å². The summed E-state index contributed by atoms with van der Waals surface area (Å²) in [5.74, 6) is -1.38. The maximum Gasteiger partial charge on any atom is 1.00 e. The van der Waals surface area contributed by atoms with Gasteiger partial charge in [-0.1, -0.05) is 0 Å². The number of aromatic amines is 1. The third-order valence-corrected chi connectivity index (χ3v) is 1.11. The van der Waals surface area contributed by atoms with Crippen LogP contribution in [0, 0.1) is 0 Å². The summed E-state index contributed by atoms with van der Waals surface area (Å²) in [6, 6.07) is 0.968. The van der Waals surface area contributed by atoms with Gasteiger partial charge < -0.3 is 9.90 Å². The summed E-state index contributed by atoms with van der Waals surface area (Å²) >= 11 is 0. The molecule has 0 aromatic carbocycles. The molecule has 0 aliphatic heterocycles. The van der Waals surface area contributed by atoms with Crippen LogP contribution in [0.1, 0.15) is 10.5 Å². The van der Waals surface area contributed by atoms with Gasteiger partial charge in [0.15, 0.2) is 0 Å². The van der Waals surface area contributed by atoms with Gasteiger partial charge in [0.05, 0.1) is 11.7 Å². The Morgan fingerprint density at radius 2 is 2.27 bits per heavy atom. The van der Waals surface area contributed by atoms with Gasteiger partial charge in [-0.25, -0.2) is 0 Å². The summed E-state index contributed by atoms with van der Waals surface area (Å²) in [6.45, 7) is 0. The van der Waals surface area contributed by atoms with Gasteiger partial charge >= 0.3 is 51.4 Å². The van der Waals surface area contributed by atoms with Gasteiger partial charge in [0.25, 0.3) is 5.56 Å². The normalized spacial score (nSPS) is 8.82. The van der Waals surface area contributed by atoms with Gasteiger partial charge in [0, 0.05) is 13.1 Å². The topological polar surface area (TPSA) is 77.9 Å². The zero-order valence-corrected chi connectivity index (χ0v) is 9.37. The van der Waals surface area contributed by atoms with Crippen LogP contribution >= 0.6 is 0 Å². The molecule has 5 nitrogen and oxygen atoms in total. The SMILES string of the molecule is Cn1[nH]c(C(=O)[O-])cc1=O.[K+]. The summed E-state index contributed by atoms with van der Waals surface area (Å²) in [4.78, 5) is 20.7. The molecule has 0 bridgehead atoms. The first-order valence-electron chi connectivity index (χ1n) is 2.58. The minimum atomic E-state index is -1.38. The van der Waals surface area contributed by atoms with E-state index in [2.05, 4.69) is 5.10 Å². The zero-order chi connectivity index (χ0) is 7.72. The molecule has 1 N–H and O–H groups in total. The largest absolute Gasteiger partial charge is 1.00 e. The Bertz CT molecular complexity index is 314. The van der Waals surface area contributed by atoms with Crippen LogP contribution in [0.2, 0.25) is 0 Å². The number of aryl methyl sites for hydroxylation is 1. The monoisotopic (exact) mass is 180 g/mol. The van der Waals surface area contributed by atoms with Crippen molar-refractivity contribution in [1.82, 2.24) is 9.78 Å². The molecule has 0 aliphatic carbocycles. The minimum absolute atomic E-state index is 0. The van der Waals surface area contributed by atoms with Crippen LogP contribution in [-0.4, -0.2) is 15.7 Å². The zero-order valence-electron chi connectivity index (χ0n) is 6.25. The molecule has 0 aliphatic rings. The number of carboxylic acids is 1. The smallest absolute Gasteiger partial charge is 0.543 e. The van der Waals surface area contributed by atoms with Crippen molar-refractivity contribution in [3.63, 3.8) is 0 Å². The van der Waals surface area contributed by atoms with E-state index in [-0.39, 0.29) is 62.6 Å². The number of aromatic carboxylic acids is 1. The third-order valence-electron chi connectivity index (χ3n) is 1.11. The van der Waals surface area contributed by atoms with Crippen LogP contribution in [0.4, 0.5) is 0 Å². The van der Waals surface area contributed by atoms with Gasteiger partial charge in [-0.3, -0.25) is 14.6 Å². The summed E-state index contributed by atoms with van der Waals surface area (Å²) < 4.78 is 1.06. The number of hydrogen-bond acceptors (Lipinski definition) is 3. The fourth-order valence-electron chi connectivity index (χ4n) is 0.593.